The summed E-state index contributed by atoms with van der Waals surface area (Å²) in [6, 6.07) is 0. The van der Waals surface area contributed by atoms with E-state index in [1.807, 2.05) is 0 Å². The molecule has 2 aliphatic rings. The highest BCUT2D eigenvalue weighted by Gasteiger charge is 2.39. The lowest BCUT2D eigenvalue weighted by Crippen LogP contribution is -2.44. The molecule has 2 heteroatoms. The van der Waals surface area contributed by atoms with Crippen LogP contribution in [-0.2, 0) is 4.74 Å². The molecule has 2 aliphatic carbocycles. The van der Waals surface area contributed by atoms with Crippen LogP contribution in [0.2, 0.25) is 0 Å². The molecule has 0 aromatic rings. The summed E-state index contributed by atoms with van der Waals surface area (Å²) in [5, 5.41) is 1.02. The van der Waals surface area contributed by atoms with Gasteiger partial charge in [0.05, 0.1) is 11.7 Å². The summed E-state index contributed by atoms with van der Waals surface area (Å²) in [7, 11) is 0. The Morgan fingerprint density at radius 2 is 1.75 bits per heavy atom. The monoisotopic (exact) mass is 344 g/mol. The second-order valence-electron chi connectivity index (χ2n) is 7.71. The molecule has 0 spiro atoms. The summed E-state index contributed by atoms with van der Waals surface area (Å²) in [5.41, 5.74) is 0.130. The van der Waals surface area contributed by atoms with E-state index in [4.69, 9.17) is 4.74 Å². The van der Waals surface area contributed by atoms with Crippen molar-refractivity contribution in [2.75, 3.05) is 5.33 Å². The molecule has 118 valence electrons. The summed E-state index contributed by atoms with van der Waals surface area (Å²) < 4.78 is 6.85. The number of hydrogen-bond donors (Lipinski definition) is 0. The van der Waals surface area contributed by atoms with Gasteiger partial charge < -0.3 is 4.74 Å². The van der Waals surface area contributed by atoms with Gasteiger partial charge >= 0.3 is 0 Å². The van der Waals surface area contributed by atoms with Crippen LogP contribution in [0.5, 0.6) is 0 Å². The predicted octanol–water partition coefficient (Wildman–Crippen LogP) is 5.95. The zero-order valence-corrected chi connectivity index (χ0v) is 15.3. The van der Waals surface area contributed by atoms with Gasteiger partial charge in [0.2, 0.25) is 0 Å². The van der Waals surface area contributed by atoms with E-state index in [1.165, 1.54) is 57.8 Å². The van der Waals surface area contributed by atoms with Crippen molar-refractivity contribution in [3.05, 3.63) is 0 Å². The molecule has 2 saturated carbocycles. The third-order valence-electron chi connectivity index (χ3n) is 5.62. The molecule has 3 unspecified atom stereocenters. The third kappa shape index (κ3) is 4.22. The zero-order chi connectivity index (χ0) is 14.6. The Labute approximate surface area is 134 Å². The van der Waals surface area contributed by atoms with Gasteiger partial charge in [-0.2, -0.15) is 0 Å². The van der Waals surface area contributed by atoms with Crippen LogP contribution in [0.1, 0.15) is 78.6 Å². The molecule has 2 rings (SSSR count). The molecule has 2 fully saturated rings. The van der Waals surface area contributed by atoms with Gasteiger partial charge in [-0.05, 0) is 43.4 Å². The van der Waals surface area contributed by atoms with Crippen LogP contribution >= 0.6 is 15.9 Å². The van der Waals surface area contributed by atoms with E-state index in [-0.39, 0.29) is 5.60 Å². The normalized spacial score (nSPS) is 35.0. The average molecular weight is 345 g/mol. The summed E-state index contributed by atoms with van der Waals surface area (Å²) in [4.78, 5) is 0. The first-order valence-electron chi connectivity index (χ1n) is 8.80. The quantitative estimate of drug-likeness (QED) is 0.452. The van der Waals surface area contributed by atoms with E-state index >= 15 is 0 Å². The topological polar surface area (TPSA) is 9.23 Å². The minimum Gasteiger partial charge on any atom is -0.371 e. The summed E-state index contributed by atoms with van der Waals surface area (Å²) in [5.74, 6) is 2.36. The van der Waals surface area contributed by atoms with Crippen LogP contribution < -0.4 is 0 Å². The van der Waals surface area contributed by atoms with Crippen molar-refractivity contribution < 1.29 is 4.74 Å². The molecule has 0 heterocycles. The van der Waals surface area contributed by atoms with Crippen molar-refractivity contribution in [3.63, 3.8) is 0 Å². The smallest absolute Gasteiger partial charge is 0.0782 e. The van der Waals surface area contributed by atoms with Crippen molar-refractivity contribution in [3.8, 4) is 0 Å². The van der Waals surface area contributed by atoms with Gasteiger partial charge in [0.1, 0.15) is 0 Å². The fraction of sp³-hybridized carbons (Fsp3) is 1.00. The third-order valence-corrected chi connectivity index (χ3v) is 6.64. The minimum absolute atomic E-state index is 0.130. The van der Waals surface area contributed by atoms with Crippen molar-refractivity contribution in [1.82, 2.24) is 0 Å². The maximum atomic E-state index is 6.85. The highest BCUT2D eigenvalue weighted by Crippen LogP contribution is 2.41. The van der Waals surface area contributed by atoms with Gasteiger partial charge in [-0.25, -0.2) is 0 Å². The summed E-state index contributed by atoms with van der Waals surface area (Å²) >= 11 is 3.78. The molecule has 0 amide bonds. The van der Waals surface area contributed by atoms with Crippen molar-refractivity contribution in [2.45, 2.75) is 90.3 Å². The number of rotatable bonds is 4. The Balaban J connectivity index is 2.06. The Bertz CT molecular complexity index is 281. The lowest BCUT2D eigenvalue weighted by atomic mass is 9.75. The fourth-order valence-electron chi connectivity index (χ4n) is 4.23. The highest BCUT2D eigenvalue weighted by molar-refractivity contribution is 9.09. The second-order valence-corrected chi connectivity index (χ2v) is 8.27. The van der Waals surface area contributed by atoms with Gasteiger partial charge in [-0.15, -0.1) is 0 Å². The van der Waals surface area contributed by atoms with Crippen LogP contribution in [0.25, 0.3) is 0 Å². The van der Waals surface area contributed by atoms with E-state index in [9.17, 15) is 0 Å². The minimum atomic E-state index is 0.130. The molecular formula is C18H33BrO. The van der Waals surface area contributed by atoms with Crippen LogP contribution in [0.3, 0.4) is 0 Å². The maximum absolute atomic E-state index is 6.85. The van der Waals surface area contributed by atoms with Gasteiger partial charge in [0.15, 0.2) is 0 Å². The van der Waals surface area contributed by atoms with E-state index in [1.54, 1.807) is 0 Å². The van der Waals surface area contributed by atoms with Crippen LogP contribution in [-0.4, -0.2) is 17.0 Å². The highest BCUT2D eigenvalue weighted by atomic mass is 79.9. The molecule has 20 heavy (non-hydrogen) atoms. The number of hydrogen-bond acceptors (Lipinski definition) is 1. The van der Waals surface area contributed by atoms with Crippen molar-refractivity contribution >= 4 is 15.9 Å². The van der Waals surface area contributed by atoms with Gasteiger partial charge in [0.25, 0.3) is 0 Å². The number of alkyl halides is 1. The standard InChI is InChI=1S/C18H33BrO/c1-14(2)16-9-8-15(3)12-17(16)20-18(13-19)10-6-4-5-7-11-18/h14-17H,4-13H2,1-3H3. The molecule has 0 aliphatic heterocycles. The molecule has 0 aromatic heterocycles. The first kappa shape index (κ1) is 16.8. The van der Waals surface area contributed by atoms with Gasteiger partial charge in [-0.3, -0.25) is 0 Å². The molecule has 3 atom stereocenters. The first-order chi connectivity index (χ1) is 9.56. The van der Waals surface area contributed by atoms with Gasteiger partial charge in [0, 0.05) is 5.33 Å². The van der Waals surface area contributed by atoms with Crippen LogP contribution in [0, 0.1) is 17.8 Å². The maximum Gasteiger partial charge on any atom is 0.0782 e. The van der Waals surface area contributed by atoms with Crippen LogP contribution in [0.4, 0.5) is 0 Å². The first-order valence-corrected chi connectivity index (χ1v) is 9.92. The van der Waals surface area contributed by atoms with E-state index < -0.39 is 0 Å². The lowest BCUT2D eigenvalue weighted by Gasteiger charge is -2.43. The Morgan fingerprint density at radius 3 is 2.30 bits per heavy atom. The second kappa shape index (κ2) is 7.63. The lowest BCUT2D eigenvalue weighted by molar-refractivity contribution is -0.134. The van der Waals surface area contributed by atoms with E-state index in [2.05, 4.69) is 36.7 Å². The molecule has 0 radical (unpaired) electrons. The van der Waals surface area contributed by atoms with Gasteiger partial charge in [-0.1, -0.05) is 68.8 Å². The number of halogens is 1. The van der Waals surface area contributed by atoms with Crippen molar-refractivity contribution in [2.24, 2.45) is 17.8 Å². The predicted molar refractivity (Wildman–Crippen MR) is 90.4 cm³/mol. The SMILES string of the molecule is CC1CCC(C(C)C)C(OC2(CBr)CCCCCC2)C1. The Morgan fingerprint density at radius 1 is 1.10 bits per heavy atom. The van der Waals surface area contributed by atoms with E-state index in [0.717, 1.165) is 23.1 Å². The summed E-state index contributed by atoms with van der Waals surface area (Å²) in [6.45, 7) is 7.16. The molecule has 0 N–H and O–H groups in total. The zero-order valence-electron chi connectivity index (χ0n) is 13.7. The van der Waals surface area contributed by atoms with Crippen LogP contribution in [0.15, 0.2) is 0 Å². The molecular weight excluding hydrogens is 312 g/mol. The van der Waals surface area contributed by atoms with Crippen molar-refractivity contribution in [1.29, 1.82) is 0 Å². The van der Waals surface area contributed by atoms with E-state index in [0.29, 0.717) is 6.10 Å². The number of ether oxygens (including phenoxy) is 1. The molecule has 0 aromatic carbocycles. The largest absolute Gasteiger partial charge is 0.371 e. The molecule has 0 saturated heterocycles. The summed E-state index contributed by atoms with van der Waals surface area (Å²) in [6.07, 6.45) is 12.5. The Kier molecular flexibility index (Phi) is 6.41. The molecule has 1 nitrogen and oxygen atoms in total. The average Bonchev–Trinajstić information content (AvgIpc) is 2.64. The Hall–Kier alpha value is 0.440. The molecule has 0 bridgehead atoms. The fourth-order valence-corrected chi connectivity index (χ4v) is 4.92.